The molecule has 1 aliphatic heterocycles. The van der Waals surface area contributed by atoms with E-state index in [1.165, 1.54) is 10.6 Å². The van der Waals surface area contributed by atoms with Crippen LogP contribution in [-0.4, -0.2) is 37.3 Å². The van der Waals surface area contributed by atoms with Crippen molar-refractivity contribution in [3.05, 3.63) is 53.7 Å². The van der Waals surface area contributed by atoms with Gasteiger partial charge in [0.1, 0.15) is 0 Å². The Hall–Kier alpha value is -2.87. The molecule has 0 bridgehead atoms. The Morgan fingerprint density at radius 1 is 1.28 bits per heavy atom. The van der Waals surface area contributed by atoms with E-state index in [-0.39, 0.29) is 5.91 Å². The first-order valence-corrected chi connectivity index (χ1v) is 9.62. The zero-order valence-electron chi connectivity index (χ0n) is 13.5. The number of rotatable bonds is 3. The van der Waals surface area contributed by atoms with Gasteiger partial charge in [-0.05, 0) is 36.2 Å². The number of aromatic amines is 1. The minimum Gasteiger partial charge on any atom is -0.320 e. The van der Waals surface area contributed by atoms with E-state index in [9.17, 15) is 13.2 Å². The van der Waals surface area contributed by atoms with Crippen molar-refractivity contribution in [2.45, 2.75) is 6.42 Å². The lowest BCUT2D eigenvalue weighted by Crippen LogP contribution is -2.27. The molecular formula is C17H16N4O3S. The number of hydrogen-bond acceptors (Lipinski definition) is 4. The highest BCUT2D eigenvalue weighted by Crippen LogP contribution is 2.31. The van der Waals surface area contributed by atoms with Gasteiger partial charge in [0.25, 0.3) is 5.91 Å². The van der Waals surface area contributed by atoms with E-state index in [1.807, 2.05) is 12.1 Å². The molecular weight excluding hydrogens is 340 g/mol. The van der Waals surface area contributed by atoms with Crippen molar-refractivity contribution in [1.29, 1.82) is 0 Å². The van der Waals surface area contributed by atoms with Crippen molar-refractivity contribution >= 4 is 38.2 Å². The standard InChI is InChI=1S/C17H16N4O3S/c1-25(23,24)21-8-7-11-9-12(5-6-15(11)21)17(22)19-14-4-2-3-13-10-18-20-16(13)14/h2-6,9-10H,7-8H2,1H3,(H,18,20)(H,19,22). The third kappa shape index (κ3) is 2.74. The summed E-state index contributed by atoms with van der Waals surface area (Å²) in [6, 6.07) is 10.6. The van der Waals surface area contributed by atoms with E-state index >= 15 is 0 Å². The smallest absolute Gasteiger partial charge is 0.255 e. The molecule has 0 aliphatic carbocycles. The van der Waals surface area contributed by atoms with Crippen molar-refractivity contribution in [3.63, 3.8) is 0 Å². The number of fused-ring (bicyclic) bond motifs is 2. The molecule has 0 unspecified atom stereocenters. The summed E-state index contributed by atoms with van der Waals surface area (Å²) >= 11 is 0. The molecule has 1 aliphatic rings. The molecule has 0 spiro atoms. The molecule has 0 radical (unpaired) electrons. The molecule has 3 aromatic rings. The molecule has 0 saturated carbocycles. The molecule has 0 fully saturated rings. The molecule has 7 nitrogen and oxygen atoms in total. The normalized spacial score (nSPS) is 13.9. The number of amides is 1. The van der Waals surface area contributed by atoms with Crippen molar-refractivity contribution in [3.8, 4) is 0 Å². The Bertz CT molecular complexity index is 1090. The Morgan fingerprint density at radius 2 is 2.12 bits per heavy atom. The number of para-hydroxylation sites is 1. The van der Waals surface area contributed by atoms with E-state index in [0.717, 1.165) is 16.5 Å². The number of nitrogens with zero attached hydrogens (tertiary/aromatic N) is 2. The van der Waals surface area contributed by atoms with Crippen LogP contribution in [0.3, 0.4) is 0 Å². The number of carbonyl (C=O) groups excluding carboxylic acids is 1. The van der Waals surface area contributed by atoms with Gasteiger partial charge in [-0.3, -0.25) is 14.2 Å². The van der Waals surface area contributed by atoms with Crippen LogP contribution in [0.5, 0.6) is 0 Å². The predicted molar refractivity (Wildman–Crippen MR) is 96.4 cm³/mol. The van der Waals surface area contributed by atoms with Gasteiger partial charge in [0.2, 0.25) is 10.0 Å². The Morgan fingerprint density at radius 3 is 2.92 bits per heavy atom. The molecule has 8 heteroatoms. The second kappa shape index (κ2) is 5.59. The van der Waals surface area contributed by atoms with Crippen LogP contribution in [0, 0.1) is 0 Å². The lowest BCUT2D eigenvalue weighted by Gasteiger charge is -2.16. The van der Waals surface area contributed by atoms with Crippen LogP contribution in [0.25, 0.3) is 10.9 Å². The van der Waals surface area contributed by atoms with Gasteiger partial charge in [-0.2, -0.15) is 5.10 Å². The average molecular weight is 356 g/mol. The molecule has 2 N–H and O–H groups in total. The number of sulfonamides is 1. The minimum absolute atomic E-state index is 0.247. The first-order chi connectivity index (χ1) is 11.9. The lowest BCUT2D eigenvalue weighted by atomic mass is 10.1. The van der Waals surface area contributed by atoms with Crippen LogP contribution in [0.15, 0.2) is 42.6 Å². The summed E-state index contributed by atoms with van der Waals surface area (Å²) in [6.07, 6.45) is 3.48. The van der Waals surface area contributed by atoms with Crippen LogP contribution in [0.2, 0.25) is 0 Å². The summed E-state index contributed by atoms with van der Waals surface area (Å²) < 4.78 is 25.0. The molecule has 2 aromatic carbocycles. The van der Waals surface area contributed by atoms with Gasteiger partial charge in [0, 0.05) is 17.5 Å². The summed E-state index contributed by atoms with van der Waals surface area (Å²) in [6.45, 7) is 0.409. The Labute approximate surface area is 144 Å². The van der Waals surface area contributed by atoms with Gasteiger partial charge in [0.15, 0.2) is 0 Å². The topological polar surface area (TPSA) is 95.2 Å². The number of H-pyrrole nitrogens is 1. The fourth-order valence-corrected chi connectivity index (χ4v) is 4.08. The summed E-state index contributed by atoms with van der Waals surface area (Å²) in [5.74, 6) is -0.247. The number of benzene rings is 2. The first kappa shape index (κ1) is 15.6. The third-order valence-corrected chi connectivity index (χ3v) is 5.50. The lowest BCUT2D eigenvalue weighted by molar-refractivity contribution is 0.102. The molecule has 0 atom stereocenters. The maximum absolute atomic E-state index is 12.6. The average Bonchev–Trinajstić information content (AvgIpc) is 3.20. The predicted octanol–water partition coefficient (Wildman–Crippen LogP) is 2.14. The highest BCUT2D eigenvalue weighted by molar-refractivity contribution is 7.92. The summed E-state index contributed by atoms with van der Waals surface area (Å²) in [5.41, 5.74) is 3.41. The van der Waals surface area contributed by atoms with Crippen molar-refractivity contribution in [2.75, 3.05) is 22.4 Å². The van der Waals surface area contributed by atoms with Crippen molar-refractivity contribution in [1.82, 2.24) is 10.2 Å². The van der Waals surface area contributed by atoms with Gasteiger partial charge in [-0.1, -0.05) is 12.1 Å². The number of carbonyl (C=O) groups is 1. The summed E-state index contributed by atoms with van der Waals surface area (Å²) in [7, 11) is -3.29. The molecule has 1 aromatic heterocycles. The minimum atomic E-state index is -3.29. The van der Waals surface area contributed by atoms with Crippen molar-refractivity contribution < 1.29 is 13.2 Å². The maximum Gasteiger partial charge on any atom is 0.255 e. The molecule has 0 saturated heterocycles. The Kier molecular flexibility index (Phi) is 3.50. The van der Waals surface area contributed by atoms with E-state index < -0.39 is 10.0 Å². The van der Waals surface area contributed by atoms with E-state index in [2.05, 4.69) is 15.5 Å². The van der Waals surface area contributed by atoms with Crippen LogP contribution < -0.4 is 9.62 Å². The highest BCUT2D eigenvalue weighted by atomic mass is 32.2. The van der Waals surface area contributed by atoms with E-state index in [1.54, 1.807) is 30.5 Å². The largest absolute Gasteiger partial charge is 0.320 e. The molecule has 4 rings (SSSR count). The van der Waals surface area contributed by atoms with Gasteiger partial charge in [-0.15, -0.1) is 0 Å². The maximum atomic E-state index is 12.6. The monoisotopic (exact) mass is 356 g/mol. The molecule has 128 valence electrons. The van der Waals surface area contributed by atoms with Crippen LogP contribution in [-0.2, 0) is 16.4 Å². The number of nitrogens with one attached hydrogen (secondary N) is 2. The quantitative estimate of drug-likeness (QED) is 0.751. The van der Waals surface area contributed by atoms with Crippen LogP contribution in [0.1, 0.15) is 15.9 Å². The highest BCUT2D eigenvalue weighted by Gasteiger charge is 2.26. The molecule has 25 heavy (non-hydrogen) atoms. The first-order valence-electron chi connectivity index (χ1n) is 7.77. The third-order valence-electron chi connectivity index (χ3n) is 4.32. The van der Waals surface area contributed by atoms with Crippen LogP contribution >= 0.6 is 0 Å². The van der Waals surface area contributed by atoms with E-state index in [0.29, 0.717) is 29.9 Å². The van der Waals surface area contributed by atoms with E-state index in [4.69, 9.17) is 0 Å². The zero-order chi connectivity index (χ0) is 17.6. The van der Waals surface area contributed by atoms with Crippen molar-refractivity contribution in [2.24, 2.45) is 0 Å². The summed E-state index contributed by atoms with van der Waals surface area (Å²) in [5, 5.41) is 10.6. The van der Waals surface area contributed by atoms with Gasteiger partial charge in [-0.25, -0.2) is 8.42 Å². The number of aromatic nitrogens is 2. The fourth-order valence-electron chi connectivity index (χ4n) is 3.12. The number of anilines is 2. The second-order valence-corrected chi connectivity index (χ2v) is 7.93. The van der Waals surface area contributed by atoms with Gasteiger partial charge >= 0.3 is 0 Å². The SMILES string of the molecule is CS(=O)(=O)N1CCc2cc(C(=O)Nc3cccc4cn[nH]c34)ccc21. The Balaban J connectivity index is 1.63. The fraction of sp³-hybridized carbons (Fsp3) is 0.176. The molecule has 2 heterocycles. The second-order valence-electron chi connectivity index (χ2n) is 6.02. The van der Waals surface area contributed by atoms with Crippen LogP contribution in [0.4, 0.5) is 11.4 Å². The zero-order valence-corrected chi connectivity index (χ0v) is 14.3. The summed E-state index contributed by atoms with van der Waals surface area (Å²) in [4.78, 5) is 12.6. The number of hydrogen-bond donors (Lipinski definition) is 2. The van der Waals surface area contributed by atoms with Gasteiger partial charge < -0.3 is 5.32 Å². The van der Waals surface area contributed by atoms with Gasteiger partial charge in [0.05, 0.1) is 29.3 Å². The molecule has 1 amide bonds.